The quantitative estimate of drug-likeness (QED) is 0.413. The van der Waals surface area contributed by atoms with Crippen LogP contribution >= 0.6 is 0 Å². The molecule has 2 saturated heterocycles. The van der Waals surface area contributed by atoms with E-state index in [-0.39, 0.29) is 29.8 Å². The molecule has 8 nitrogen and oxygen atoms in total. The van der Waals surface area contributed by atoms with E-state index in [2.05, 4.69) is 9.62 Å². The van der Waals surface area contributed by atoms with Crippen LogP contribution in [0.5, 0.6) is 0 Å². The highest BCUT2D eigenvalue weighted by Crippen LogP contribution is 2.38. The Morgan fingerprint density at radius 2 is 1.62 bits per heavy atom. The van der Waals surface area contributed by atoms with Crippen molar-refractivity contribution in [2.45, 2.75) is 48.9 Å². The van der Waals surface area contributed by atoms with Crippen molar-refractivity contribution in [2.24, 2.45) is 0 Å². The molecule has 3 aromatic rings. The zero-order chi connectivity index (χ0) is 25.8. The van der Waals surface area contributed by atoms with Gasteiger partial charge >= 0.3 is 0 Å². The van der Waals surface area contributed by atoms with Gasteiger partial charge in [0.2, 0.25) is 0 Å². The van der Waals surface area contributed by atoms with Crippen LogP contribution in [0.1, 0.15) is 41.9 Å². The van der Waals surface area contributed by atoms with E-state index in [1.807, 2.05) is 24.3 Å². The minimum Gasteiger partial charge on any atom is -0.392 e. The maximum atomic E-state index is 12.7. The lowest BCUT2D eigenvalue weighted by atomic mass is 10.00. The van der Waals surface area contributed by atoms with Crippen LogP contribution in [0.3, 0.4) is 0 Å². The predicted octanol–water partition coefficient (Wildman–Crippen LogP) is 3.59. The molecule has 0 saturated carbocycles. The number of sulfonamides is 1. The summed E-state index contributed by atoms with van der Waals surface area (Å²) in [5.41, 5.74) is 3.07. The summed E-state index contributed by atoms with van der Waals surface area (Å²) in [6, 6.07) is 23.0. The molecule has 0 amide bonds. The van der Waals surface area contributed by atoms with Gasteiger partial charge in [0.25, 0.3) is 10.0 Å². The number of aliphatic hydroxyl groups excluding tert-OH is 2. The molecule has 2 heterocycles. The van der Waals surface area contributed by atoms with Gasteiger partial charge in [0.05, 0.1) is 29.8 Å². The van der Waals surface area contributed by atoms with Gasteiger partial charge in [-0.25, -0.2) is 8.42 Å². The number of anilines is 1. The Morgan fingerprint density at radius 3 is 2.27 bits per heavy atom. The Bertz CT molecular complexity index is 1270. The van der Waals surface area contributed by atoms with Crippen LogP contribution < -0.4 is 4.72 Å². The van der Waals surface area contributed by atoms with E-state index in [1.54, 1.807) is 54.6 Å². The number of ether oxygens (including phenoxy) is 2. The highest BCUT2D eigenvalue weighted by atomic mass is 32.2. The first kappa shape index (κ1) is 25.8. The summed E-state index contributed by atoms with van der Waals surface area (Å²) in [7, 11) is -3.68. The second kappa shape index (κ2) is 11.3. The number of nitrogens with one attached hydrogen (secondary N) is 1. The molecule has 4 atom stereocenters. The summed E-state index contributed by atoms with van der Waals surface area (Å²) in [6.07, 6.45) is 0.177. The maximum Gasteiger partial charge on any atom is 0.261 e. The van der Waals surface area contributed by atoms with Crippen molar-refractivity contribution in [3.05, 3.63) is 95.6 Å². The topological polar surface area (TPSA) is 108 Å². The monoisotopic (exact) mass is 524 g/mol. The van der Waals surface area contributed by atoms with Crippen LogP contribution in [0.4, 0.5) is 5.69 Å². The van der Waals surface area contributed by atoms with E-state index < -0.39 is 16.3 Å². The third-order valence-corrected chi connectivity index (χ3v) is 8.21. The molecule has 0 aromatic heterocycles. The molecule has 0 spiro atoms. The third kappa shape index (κ3) is 6.38. The first-order chi connectivity index (χ1) is 17.9. The number of rotatable bonds is 8. The Hall–Kier alpha value is -2.79. The molecular formula is C28H32N2O6S. The molecule has 37 heavy (non-hydrogen) atoms. The van der Waals surface area contributed by atoms with Crippen LogP contribution in [0.25, 0.3) is 0 Å². The molecule has 9 heteroatoms. The first-order valence-electron chi connectivity index (χ1n) is 12.5. The maximum absolute atomic E-state index is 12.7. The number of benzene rings is 3. The smallest absolute Gasteiger partial charge is 0.261 e. The Balaban J connectivity index is 1.33. The summed E-state index contributed by atoms with van der Waals surface area (Å²) in [5, 5.41) is 19.3. The SMILES string of the molecule is O=S(=O)(Nc1ccc(C2OC(CN3CCC(O)C3)CC(c3ccc(CO)cc3)O2)cc1)c1ccccc1. The molecule has 3 aromatic carbocycles. The molecular weight excluding hydrogens is 492 g/mol. The van der Waals surface area contributed by atoms with E-state index in [9.17, 15) is 18.6 Å². The van der Waals surface area contributed by atoms with Crippen molar-refractivity contribution >= 4 is 15.7 Å². The fraction of sp³-hybridized carbons (Fsp3) is 0.357. The second-order valence-corrected chi connectivity index (χ2v) is 11.3. The van der Waals surface area contributed by atoms with Gasteiger partial charge < -0.3 is 19.7 Å². The average Bonchev–Trinajstić information content (AvgIpc) is 3.33. The largest absolute Gasteiger partial charge is 0.392 e. The van der Waals surface area contributed by atoms with Crippen molar-refractivity contribution in [3.8, 4) is 0 Å². The minimum absolute atomic E-state index is 0.0160. The van der Waals surface area contributed by atoms with Crippen LogP contribution in [-0.4, -0.2) is 55.4 Å². The minimum atomic E-state index is -3.68. The van der Waals surface area contributed by atoms with Gasteiger partial charge in [-0.2, -0.15) is 0 Å². The van der Waals surface area contributed by atoms with Gasteiger partial charge in [0.1, 0.15) is 0 Å². The van der Waals surface area contributed by atoms with Gasteiger partial charge in [0, 0.05) is 37.3 Å². The van der Waals surface area contributed by atoms with Crippen LogP contribution in [0.15, 0.2) is 83.8 Å². The molecule has 0 bridgehead atoms. The normalized spacial score (nSPS) is 24.7. The number of hydrogen-bond acceptors (Lipinski definition) is 7. The lowest BCUT2D eigenvalue weighted by Gasteiger charge is -2.37. The van der Waals surface area contributed by atoms with Crippen molar-refractivity contribution in [1.82, 2.24) is 4.90 Å². The summed E-state index contributed by atoms with van der Waals surface area (Å²) in [5.74, 6) is 0. The molecule has 196 valence electrons. The zero-order valence-corrected chi connectivity index (χ0v) is 21.3. The molecule has 2 fully saturated rings. The number of β-amino-alcohol motifs (C(OH)–C–C–N with tert-alkyl or cyclic N) is 1. The first-order valence-corrected chi connectivity index (χ1v) is 14.0. The van der Waals surface area contributed by atoms with Gasteiger partial charge in [-0.15, -0.1) is 0 Å². The molecule has 3 N–H and O–H groups in total. The molecule has 0 aliphatic carbocycles. The van der Waals surface area contributed by atoms with E-state index in [0.717, 1.165) is 29.7 Å². The average molecular weight is 525 g/mol. The fourth-order valence-electron chi connectivity index (χ4n) is 4.82. The molecule has 2 aliphatic rings. The number of hydrogen-bond donors (Lipinski definition) is 3. The molecule has 4 unspecified atom stereocenters. The summed E-state index contributed by atoms with van der Waals surface area (Å²) in [6.45, 7) is 2.14. The van der Waals surface area contributed by atoms with Crippen molar-refractivity contribution in [3.63, 3.8) is 0 Å². The van der Waals surface area contributed by atoms with Gasteiger partial charge in [-0.05, 0) is 41.8 Å². The van der Waals surface area contributed by atoms with Crippen molar-refractivity contribution < 1.29 is 28.1 Å². The fourth-order valence-corrected chi connectivity index (χ4v) is 5.90. The lowest BCUT2D eigenvalue weighted by molar-refractivity contribution is -0.252. The summed E-state index contributed by atoms with van der Waals surface area (Å²) in [4.78, 5) is 2.41. The van der Waals surface area contributed by atoms with Crippen molar-refractivity contribution in [2.75, 3.05) is 24.4 Å². The zero-order valence-electron chi connectivity index (χ0n) is 20.4. The highest BCUT2D eigenvalue weighted by molar-refractivity contribution is 7.92. The summed E-state index contributed by atoms with van der Waals surface area (Å²) >= 11 is 0. The number of likely N-dealkylation sites (tertiary alicyclic amines) is 1. The van der Waals surface area contributed by atoms with Gasteiger partial charge in [-0.1, -0.05) is 54.6 Å². The van der Waals surface area contributed by atoms with E-state index in [0.29, 0.717) is 25.2 Å². The van der Waals surface area contributed by atoms with Crippen LogP contribution in [0.2, 0.25) is 0 Å². The predicted molar refractivity (Wildman–Crippen MR) is 139 cm³/mol. The summed E-state index contributed by atoms with van der Waals surface area (Å²) < 4.78 is 40.7. The van der Waals surface area contributed by atoms with Crippen LogP contribution in [-0.2, 0) is 26.1 Å². The number of nitrogens with zero attached hydrogens (tertiary/aromatic N) is 1. The van der Waals surface area contributed by atoms with E-state index in [1.165, 1.54) is 0 Å². The molecule has 5 rings (SSSR count). The molecule has 2 aliphatic heterocycles. The van der Waals surface area contributed by atoms with E-state index >= 15 is 0 Å². The van der Waals surface area contributed by atoms with Crippen LogP contribution in [0, 0.1) is 0 Å². The standard InChI is InChI=1S/C28H32N2O6S/c31-19-20-6-8-21(9-7-20)27-16-25(18-30-15-14-24(32)17-30)35-28(36-27)22-10-12-23(13-11-22)29-37(33,34)26-4-2-1-3-5-26/h1-13,24-25,27-29,31-32H,14-19H2. The van der Waals surface area contributed by atoms with Gasteiger partial charge in [0.15, 0.2) is 6.29 Å². The highest BCUT2D eigenvalue weighted by Gasteiger charge is 2.34. The molecule has 0 radical (unpaired) electrons. The third-order valence-electron chi connectivity index (χ3n) is 6.81. The van der Waals surface area contributed by atoms with Gasteiger partial charge in [-0.3, -0.25) is 9.62 Å². The second-order valence-electron chi connectivity index (χ2n) is 9.59. The van der Waals surface area contributed by atoms with E-state index in [4.69, 9.17) is 9.47 Å². The Kier molecular flexibility index (Phi) is 7.89. The number of aliphatic hydroxyl groups is 2. The Morgan fingerprint density at radius 1 is 0.919 bits per heavy atom. The lowest BCUT2D eigenvalue weighted by Crippen LogP contribution is -2.38. The Labute approximate surface area is 217 Å². The van der Waals surface area contributed by atoms with Crippen molar-refractivity contribution in [1.29, 1.82) is 0 Å².